The molecule has 0 N–H and O–H groups in total. The third-order valence-electron chi connectivity index (χ3n) is 7.15. The predicted octanol–water partition coefficient (Wildman–Crippen LogP) is 4.83. The van der Waals surface area contributed by atoms with Gasteiger partial charge < -0.3 is 0 Å². The Bertz CT molecular complexity index is 526. The van der Waals surface area contributed by atoms with E-state index < -0.39 is 0 Å². The topological polar surface area (TPSA) is 17.1 Å². The minimum absolute atomic E-state index is 0.321. The quantitative estimate of drug-likeness (QED) is 0.576. The first kappa shape index (κ1) is 12.9. The summed E-state index contributed by atoms with van der Waals surface area (Å²) in [6.45, 7) is 4.96. The van der Waals surface area contributed by atoms with Gasteiger partial charge >= 0.3 is 0 Å². The van der Waals surface area contributed by atoms with Crippen molar-refractivity contribution < 1.29 is 4.79 Å². The van der Waals surface area contributed by atoms with Crippen LogP contribution < -0.4 is 0 Å². The van der Waals surface area contributed by atoms with Crippen molar-refractivity contribution in [3.63, 3.8) is 0 Å². The van der Waals surface area contributed by atoms with E-state index in [1.54, 1.807) is 5.57 Å². The van der Waals surface area contributed by atoms with Crippen LogP contribution in [0.2, 0.25) is 0 Å². The Labute approximate surface area is 122 Å². The lowest BCUT2D eigenvalue weighted by Crippen LogP contribution is -2.46. The zero-order valence-corrected chi connectivity index (χ0v) is 12.9. The van der Waals surface area contributed by atoms with Gasteiger partial charge in [0.25, 0.3) is 0 Å². The number of rotatable bonds is 0. The summed E-state index contributed by atoms with van der Waals surface area (Å²) in [4.78, 5) is 11.8. The van der Waals surface area contributed by atoms with Gasteiger partial charge in [-0.15, -0.1) is 0 Å². The molecule has 0 aromatic heterocycles. The molecule has 4 aliphatic rings. The van der Waals surface area contributed by atoms with Crippen molar-refractivity contribution in [2.24, 2.45) is 22.7 Å². The van der Waals surface area contributed by atoms with E-state index >= 15 is 0 Å². The molecule has 0 heterocycles. The standard InChI is InChI=1S/C19H26O/c1-18-9-3-4-16(18)15-6-5-13-12-14(20)7-11-19(13,2)17(15)8-10-18/h4,12,15,17H,3,5-11H2,1-2H3/t15-,17-,18+,19+/m0/s1. The molecule has 0 unspecified atom stereocenters. The highest BCUT2D eigenvalue weighted by molar-refractivity contribution is 5.91. The minimum Gasteiger partial charge on any atom is -0.295 e. The van der Waals surface area contributed by atoms with Gasteiger partial charge in [-0.05, 0) is 73.7 Å². The molecule has 0 aromatic rings. The van der Waals surface area contributed by atoms with Gasteiger partial charge in [0.2, 0.25) is 0 Å². The van der Waals surface area contributed by atoms with Crippen LogP contribution in [0.15, 0.2) is 23.3 Å². The molecule has 0 amide bonds. The van der Waals surface area contributed by atoms with Crippen LogP contribution in [0.4, 0.5) is 0 Å². The Morgan fingerprint density at radius 1 is 1.10 bits per heavy atom. The first-order valence-electron chi connectivity index (χ1n) is 8.47. The largest absolute Gasteiger partial charge is 0.295 e. The van der Waals surface area contributed by atoms with Gasteiger partial charge in [-0.3, -0.25) is 4.79 Å². The fourth-order valence-electron chi connectivity index (χ4n) is 5.88. The second kappa shape index (κ2) is 4.08. The summed E-state index contributed by atoms with van der Waals surface area (Å²) >= 11 is 0. The molecule has 4 atom stereocenters. The summed E-state index contributed by atoms with van der Waals surface area (Å²) in [5.41, 5.74) is 4.12. The van der Waals surface area contributed by atoms with E-state index in [1.807, 2.05) is 6.08 Å². The van der Waals surface area contributed by atoms with Gasteiger partial charge in [0.05, 0.1) is 0 Å². The predicted molar refractivity (Wildman–Crippen MR) is 81.3 cm³/mol. The second-order valence-electron chi connectivity index (χ2n) is 8.10. The molecular formula is C19H26O. The van der Waals surface area contributed by atoms with E-state index in [0.29, 0.717) is 16.6 Å². The van der Waals surface area contributed by atoms with Crippen molar-refractivity contribution in [3.8, 4) is 0 Å². The van der Waals surface area contributed by atoms with E-state index in [9.17, 15) is 4.79 Å². The molecule has 0 aliphatic heterocycles. The van der Waals surface area contributed by atoms with Crippen molar-refractivity contribution >= 4 is 5.78 Å². The minimum atomic E-state index is 0.321. The molecule has 20 heavy (non-hydrogen) atoms. The summed E-state index contributed by atoms with van der Waals surface area (Å²) in [6, 6.07) is 0. The maximum atomic E-state index is 11.8. The molecule has 108 valence electrons. The highest BCUT2D eigenvalue weighted by atomic mass is 16.1. The van der Waals surface area contributed by atoms with Crippen LogP contribution in [0.3, 0.4) is 0 Å². The molecule has 0 bridgehead atoms. The Morgan fingerprint density at radius 3 is 2.80 bits per heavy atom. The molecule has 0 radical (unpaired) electrons. The highest BCUT2D eigenvalue weighted by Crippen LogP contribution is 2.63. The summed E-state index contributed by atoms with van der Waals surface area (Å²) in [6.07, 6.45) is 14.3. The molecule has 1 nitrogen and oxygen atoms in total. The maximum Gasteiger partial charge on any atom is 0.155 e. The van der Waals surface area contributed by atoms with Crippen molar-refractivity contribution in [2.75, 3.05) is 0 Å². The molecule has 0 saturated heterocycles. The highest BCUT2D eigenvalue weighted by Gasteiger charge is 2.53. The third-order valence-corrected chi connectivity index (χ3v) is 7.15. The Balaban J connectivity index is 1.73. The smallest absolute Gasteiger partial charge is 0.155 e. The zero-order valence-electron chi connectivity index (χ0n) is 12.9. The molecular weight excluding hydrogens is 244 g/mol. The number of carbonyl (C=O) groups is 1. The fraction of sp³-hybridized carbons (Fsp3) is 0.737. The number of allylic oxidation sites excluding steroid dienone is 4. The first-order valence-corrected chi connectivity index (χ1v) is 8.47. The van der Waals surface area contributed by atoms with Gasteiger partial charge in [0.15, 0.2) is 5.78 Å². The summed E-state index contributed by atoms with van der Waals surface area (Å²) < 4.78 is 0. The zero-order chi connectivity index (χ0) is 14.0. The van der Waals surface area contributed by atoms with Crippen LogP contribution in [-0.4, -0.2) is 5.78 Å². The number of fused-ring (bicyclic) bond motifs is 5. The average Bonchev–Trinajstić information content (AvgIpc) is 2.81. The van der Waals surface area contributed by atoms with Crippen LogP contribution in [0, 0.1) is 22.7 Å². The normalized spacial score (nSPS) is 47.0. The Kier molecular flexibility index (Phi) is 2.63. The molecule has 0 spiro atoms. The van der Waals surface area contributed by atoms with Gasteiger partial charge in [0.1, 0.15) is 0 Å². The molecule has 4 aliphatic carbocycles. The van der Waals surface area contributed by atoms with Crippen molar-refractivity contribution in [3.05, 3.63) is 23.3 Å². The Hall–Kier alpha value is -0.850. The number of hydrogen-bond acceptors (Lipinski definition) is 1. The molecule has 0 aromatic carbocycles. The van der Waals surface area contributed by atoms with Gasteiger partial charge in [-0.25, -0.2) is 0 Å². The van der Waals surface area contributed by atoms with E-state index in [4.69, 9.17) is 0 Å². The van der Waals surface area contributed by atoms with E-state index in [2.05, 4.69) is 19.9 Å². The number of hydrogen-bond donors (Lipinski definition) is 0. The van der Waals surface area contributed by atoms with E-state index in [0.717, 1.165) is 31.1 Å². The molecule has 4 rings (SSSR count). The van der Waals surface area contributed by atoms with Crippen LogP contribution in [0.5, 0.6) is 0 Å². The summed E-state index contributed by atoms with van der Waals surface area (Å²) in [5, 5.41) is 0. The lowest BCUT2D eigenvalue weighted by molar-refractivity contribution is -0.116. The summed E-state index contributed by atoms with van der Waals surface area (Å²) in [7, 11) is 0. The fourth-order valence-corrected chi connectivity index (χ4v) is 5.88. The van der Waals surface area contributed by atoms with Crippen LogP contribution in [-0.2, 0) is 4.79 Å². The van der Waals surface area contributed by atoms with Gasteiger partial charge in [-0.2, -0.15) is 0 Å². The maximum absolute atomic E-state index is 11.8. The molecule has 2 fully saturated rings. The SMILES string of the molecule is C[C@]12CCC=C1[C@@H]1CCC3=CC(=O)CC[C@@]3(C)[C@H]1CC2. The second-order valence-corrected chi connectivity index (χ2v) is 8.10. The van der Waals surface area contributed by atoms with Crippen molar-refractivity contribution in [1.82, 2.24) is 0 Å². The van der Waals surface area contributed by atoms with Crippen LogP contribution in [0.25, 0.3) is 0 Å². The van der Waals surface area contributed by atoms with Crippen molar-refractivity contribution in [2.45, 2.75) is 65.2 Å². The molecule has 2 saturated carbocycles. The van der Waals surface area contributed by atoms with Crippen LogP contribution >= 0.6 is 0 Å². The van der Waals surface area contributed by atoms with Gasteiger partial charge in [0, 0.05) is 6.42 Å². The van der Waals surface area contributed by atoms with Crippen molar-refractivity contribution in [1.29, 1.82) is 0 Å². The third kappa shape index (κ3) is 1.58. The lowest BCUT2D eigenvalue weighted by atomic mass is 9.49. The molecule has 1 heteroatoms. The number of ketones is 1. The first-order chi connectivity index (χ1) is 9.53. The summed E-state index contributed by atoms with van der Waals surface area (Å²) in [5.74, 6) is 1.98. The monoisotopic (exact) mass is 270 g/mol. The lowest BCUT2D eigenvalue weighted by Gasteiger charge is -2.55. The van der Waals surface area contributed by atoms with E-state index in [1.165, 1.54) is 37.7 Å². The van der Waals surface area contributed by atoms with Crippen LogP contribution in [0.1, 0.15) is 65.2 Å². The average molecular weight is 270 g/mol. The van der Waals surface area contributed by atoms with E-state index in [-0.39, 0.29) is 0 Å². The Morgan fingerprint density at radius 2 is 1.95 bits per heavy atom. The van der Waals surface area contributed by atoms with Gasteiger partial charge in [-0.1, -0.05) is 31.1 Å². The number of carbonyl (C=O) groups excluding carboxylic acids is 1.